The normalized spacial score (nSPS) is 11.0. The van der Waals surface area contributed by atoms with Gasteiger partial charge in [0, 0.05) is 17.8 Å². The van der Waals surface area contributed by atoms with Crippen LogP contribution in [0.2, 0.25) is 0 Å². The topological polar surface area (TPSA) is 12.9 Å². The van der Waals surface area contributed by atoms with Crippen LogP contribution >= 0.6 is 0 Å². The molecular weight excluding hydrogens is 242 g/mol. The SMILES string of the molecule is c1ccc2c(-c3cccc4cnccc34)cccc2c1. The monoisotopic (exact) mass is 255 g/mol. The van der Waals surface area contributed by atoms with Gasteiger partial charge >= 0.3 is 0 Å². The zero-order valence-corrected chi connectivity index (χ0v) is 11.0. The van der Waals surface area contributed by atoms with E-state index in [-0.39, 0.29) is 0 Å². The van der Waals surface area contributed by atoms with E-state index in [0.717, 1.165) is 0 Å². The second kappa shape index (κ2) is 4.46. The molecule has 0 spiro atoms. The van der Waals surface area contributed by atoms with E-state index in [9.17, 15) is 0 Å². The number of pyridine rings is 1. The highest BCUT2D eigenvalue weighted by Gasteiger charge is 2.06. The Balaban J connectivity index is 2.12. The number of aromatic nitrogens is 1. The van der Waals surface area contributed by atoms with Gasteiger partial charge in [-0.1, -0.05) is 60.7 Å². The number of hydrogen-bond acceptors (Lipinski definition) is 1. The van der Waals surface area contributed by atoms with Crippen LogP contribution in [0.5, 0.6) is 0 Å². The van der Waals surface area contributed by atoms with Crippen molar-refractivity contribution in [3.63, 3.8) is 0 Å². The summed E-state index contributed by atoms with van der Waals surface area (Å²) in [6.45, 7) is 0. The molecule has 0 bridgehead atoms. The molecular formula is C19H13N. The molecule has 0 atom stereocenters. The molecule has 1 nitrogen and oxygen atoms in total. The Morgan fingerprint density at radius 3 is 2.05 bits per heavy atom. The van der Waals surface area contributed by atoms with Gasteiger partial charge in [0.15, 0.2) is 0 Å². The summed E-state index contributed by atoms with van der Waals surface area (Å²) in [5, 5.41) is 4.99. The van der Waals surface area contributed by atoms with Gasteiger partial charge in [-0.3, -0.25) is 4.98 Å². The lowest BCUT2D eigenvalue weighted by atomic mass is 9.95. The van der Waals surface area contributed by atoms with Crippen molar-refractivity contribution in [2.24, 2.45) is 0 Å². The van der Waals surface area contributed by atoms with Gasteiger partial charge in [0.2, 0.25) is 0 Å². The van der Waals surface area contributed by atoms with Gasteiger partial charge in [-0.15, -0.1) is 0 Å². The average molecular weight is 255 g/mol. The summed E-state index contributed by atoms with van der Waals surface area (Å²) < 4.78 is 0. The first kappa shape index (κ1) is 11.2. The summed E-state index contributed by atoms with van der Waals surface area (Å²) >= 11 is 0. The number of benzene rings is 3. The molecule has 3 aromatic carbocycles. The molecule has 0 saturated carbocycles. The van der Waals surface area contributed by atoms with Gasteiger partial charge in [-0.05, 0) is 33.4 Å². The Labute approximate surface area is 117 Å². The third-order valence-electron chi connectivity index (χ3n) is 3.76. The van der Waals surface area contributed by atoms with Crippen molar-refractivity contribution in [1.82, 2.24) is 4.98 Å². The van der Waals surface area contributed by atoms with Crippen molar-refractivity contribution in [3.8, 4) is 11.1 Å². The second-order valence-electron chi connectivity index (χ2n) is 4.93. The lowest BCUT2D eigenvalue weighted by molar-refractivity contribution is 1.36. The molecule has 0 aliphatic carbocycles. The van der Waals surface area contributed by atoms with E-state index in [1.165, 1.54) is 32.7 Å². The minimum absolute atomic E-state index is 1.18. The largest absolute Gasteiger partial charge is 0.264 e. The highest BCUT2D eigenvalue weighted by atomic mass is 14.6. The van der Waals surface area contributed by atoms with E-state index < -0.39 is 0 Å². The fourth-order valence-electron chi connectivity index (χ4n) is 2.82. The summed E-state index contributed by atoms with van der Waals surface area (Å²) in [4.78, 5) is 4.21. The molecule has 0 fully saturated rings. The van der Waals surface area contributed by atoms with Gasteiger partial charge in [0.1, 0.15) is 0 Å². The zero-order chi connectivity index (χ0) is 13.4. The Kier molecular flexibility index (Phi) is 2.49. The third-order valence-corrected chi connectivity index (χ3v) is 3.76. The minimum atomic E-state index is 1.18. The first-order valence-corrected chi connectivity index (χ1v) is 6.74. The summed E-state index contributed by atoms with van der Waals surface area (Å²) in [7, 11) is 0. The smallest absolute Gasteiger partial charge is 0.0346 e. The third kappa shape index (κ3) is 1.68. The number of hydrogen-bond donors (Lipinski definition) is 0. The van der Waals surface area contributed by atoms with Gasteiger partial charge in [0.25, 0.3) is 0 Å². The number of nitrogens with zero attached hydrogens (tertiary/aromatic N) is 1. The van der Waals surface area contributed by atoms with Crippen LogP contribution in [-0.4, -0.2) is 4.98 Å². The summed E-state index contributed by atoms with van der Waals surface area (Å²) in [5.41, 5.74) is 2.54. The van der Waals surface area contributed by atoms with E-state index >= 15 is 0 Å². The molecule has 0 aliphatic rings. The van der Waals surface area contributed by atoms with E-state index in [1.54, 1.807) is 0 Å². The maximum absolute atomic E-state index is 4.21. The maximum Gasteiger partial charge on any atom is 0.0346 e. The molecule has 0 amide bonds. The lowest BCUT2D eigenvalue weighted by Gasteiger charge is -2.09. The van der Waals surface area contributed by atoms with E-state index in [2.05, 4.69) is 71.7 Å². The molecule has 4 aromatic rings. The maximum atomic E-state index is 4.21. The lowest BCUT2D eigenvalue weighted by Crippen LogP contribution is -1.84. The van der Waals surface area contributed by atoms with Gasteiger partial charge in [-0.2, -0.15) is 0 Å². The fourth-order valence-corrected chi connectivity index (χ4v) is 2.82. The summed E-state index contributed by atoms with van der Waals surface area (Å²) in [6, 6.07) is 23.5. The molecule has 1 heterocycles. The first-order chi connectivity index (χ1) is 9.93. The van der Waals surface area contributed by atoms with Crippen molar-refractivity contribution < 1.29 is 0 Å². The Bertz CT molecular complexity index is 821. The minimum Gasteiger partial charge on any atom is -0.264 e. The Morgan fingerprint density at radius 1 is 0.550 bits per heavy atom. The van der Waals surface area contributed by atoms with Crippen molar-refractivity contribution in [2.45, 2.75) is 0 Å². The molecule has 94 valence electrons. The quantitative estimate of drug-likeness (QED) is 0.463. The van der Waals surface area contributed by atoms with Crippen LogP contribution in [0.4, 0.5) is 0 Å². The molecule has 20 heavy (non-hydrogen) atoms. The average Bonchev–Trinajstić information content (AvgIpc) is 2.54. The number of rotatable bonds is 1. The van der Waals surface area contributed by atoms with Crippen molar-refractivity contribution in [1.29, 1.82) is 0 Å². The highest BCUT2D eigenvalue weighted by Crippen LogP contribution is 2.33. The predicted octanol–water partition coefficient (Wildman–Crippen LogP) is 5.06. The molecule has 0 saturated heterocycles. The van der Waals surface area contributed by atoms with Crippen LogP contribution in [0.3, 0.4) is 0 Å². The van der Waals surface area contributed by atoms with Crippen LogP contribution in [0.1, 0.15) is 0 Å². The first-order valence-electron chi connectivity index (χ1n) is 6.74. The van der Waals surface area contributed by atoms with Crippen LogP contribution < -0.4 is 0 Å². The molecule has 4 rings (SSSR count). The molecule has 0 unspecified atom stereocenters. The van der Waals surface area contributed by atoms with Gasteiger partial charge < -0.3 is 0 Å². The Morgan fingerprint density at radius 2 is 1.20 bits per heavy atom. The van der Waals surface area contributed by atoms with Crippen molar-refractivity contribution in [2.75, 3.05) is 0 Å². The fraction of sp³-hybridized carbons (Fsp3) is 0. The molecule has 0 N–H and O–H groups in total. The van der Waals surface area contributed by atoms with Gasteiger partial charge in [-0.25, -0.2) is 0 Å². The molecule has 0 radical (unpaired) electrons. The van der Waals surface area contributed by atoms with Crippen molar-refractivity contribution >= 4 is 21.5 Å². The Hall–Kier alpha value is -2.67. The van der Waals surface area contributed by atoms with E-state index in [0.29, 0.717) is 0 Å². The molecule has 1 heteroatoms. The summed E-state index contributed by atoms with van der Waals surface area (Å²) in [6.07, 6.45) is 3.78. The molecule has 0 aliphatic heterocycles. The van der Waals surface area contributed by atoms with Gasteiger partial charge in [0.05, 0.1) is 0 Å². The molecule has 1 aromatic heterocycles. The number of fused-ring (bicyclic) bond motifs is 2. The van der Waals surface area contributed by atoms with Crippen LogP contribution in [0.15, 0.2) is 79.1 Å². The van der Waals surface area contributed by atoms with Crippen LogP contribution in [0, 0.1) is 0 Å². The highest BCUT2D eigenvalue weighted by molar-refractivity contribution is 6.05. The van der Waals surface area contributed by atoms with Crippen LogP contribution in [-0.2, 0) is 0 Å². The standard InChI is InChI=1S/C19H13N/c1-2-8-16-14(5-1)6-3-9-18(16)19-10-4-7-15-13-20-12-11-17(15)19/h1-13H. The predicted molar refractivity (Wildman–Crippen MR) is 84.7 cm³/mol. The second-order valence-corrected chi connectivity index (χ2v) is 4.93. The van der Waals surface area contributed by atoms with E-state index in [4.69, 9.17) is 0 Å². The van der Waals surface area contributed by atoms with Crippen molar-refractivity contribution in [3.05, 3.63) is 79.1 Å². The zero-order valence-electron chi connectivity index (χ0n) is 11.0. The van der Waals surface area contributed by atoms with Crippen LogP contribution in [0.25, 0.3) is 32.7 Å². The van der Waals surface area contributed by atoms with E-state index in [1.807, 2.05) is 12.4 Å². The summed E-state index contributed by atoms with van der Waals surface area (Å²) in [5.74, 6) is 0.